The van der Waals surface area contributed by atoms with Crippen molar-refractivity contribution in [3.63, 3.8) is 0 Å². The van der Waals surface area contributed by atoms with Crippen molar-refractivity contribution in [2.24, 2.45) is 4.99 Å². The van der Waals surface area contributed by atoms with Gasteiger partial charge in [0.2, 0.25) is 0 Å². The van der Waals surface area contributed by atoms with Crippen molar-refractivity contribution in [2.45, 2.75) is 0 Å². The number of rotatable bonds is 3. The average Bonchev–Trinajstić information content (AvgIpc) is 3.21. The summed E-state index contributed by atoms with van der Waals surface area (Å²) in [5.74, 6) is 0.978. The third kappa shape index (κ3) is 6.71. The molecule has 0 saturated heterocycles. The predicted octanol–water partition coefficient (Wildman–Crippen LogP) is 3.72. The van der Waals surface area contributed by atoms with Gasteiger partial charge in [-0.3, -0.25) is 15.1 Å². The van der Waals surface area contributed by atoms with Crippen LogP contribution in [0, 0.1) is 73.8 Å². The Morgan fingerprint density at radius 1 is 0.955 bits per heavy atom. The zero-order valence-electron chi connectivity index (χ0n) is 11.6. The van der Waals surface area contributed by atoms with Crippen molar-refractivity contribution in [3.8, 4) is 0 Å². The first-order chi connectivity index (χ1) is 10.3. The molecule has 112 valence electrons. The van der Waals surface area contributed by atoms with Crippen LogP contribution in [-0.4, -0.2) is 11.1 Å². The topological polar surface area (TPSA) is 55.5 Å². The molecule has 0 N–H and O–H groups in total. The predicted molar refractivity (Wildman–Crippen MR) is 83.2 cm³/mol. The maximum Gasteiger partial charge on any atom is 0.271 e. The maximum atomic E-state index is 10.5. The molecule has 2 fully saturated rings. The maximum absolute atomic E-state index is 10.5. The molecule has 0 heterocycles. The van der Waals surface area contributed by atoms with Crippen LogP contribution in [-0.2, 0) is 17.1 Å². The van der Waals surface area contributed by atoms with E-state index in [-0.39, 0.29) is 22.8 Å². The fourth-order valence-corrected chi connectivity index (χ4v) is 1.63. The molecule has 3 rings (SSSR count). The van der Waals surface area contributed by atoms with Crippen LogP contribution in [0.25, 0.3) is 0 Å². The molecule has 5 heteroatoms. The zero-order valence-corrected chi connectivity index (χ0v) is 12.8. The number of aliphatic imine (C=N–C) groups is 1. The zero-order chi connectivity index (χ0) is 14.9. The molecule has 22 heavy (non-hydrogen) atoms. The van der Waals surface area contributed by atoms with E-state index < -0.39 is 4.92 Å². The second kappa shape index (κ2) is 10.5. The van der Waals surface area contributed by atoms with Gasteiger partial charge in [0.1, 0.15) is 0 Å². The summed E-state index contributed by atoms with van der Waals surface area (Å²) < 4.78 is 0. The molecular weight excluding hydrogens is 320 g/mol. The fourth-order valence-electron chi connectivity index (χ4n) is 1.63. The Labute approximate surface area is 143 Å². The number of nitrogens with zero attached hydrogens (tertiary/aromatic N) is 2. The van der Waals surface area contributed by atoms with Gasteiger partial charge in [-0.2, -0.15) is 0 Å². The molecule has 10 radical (unpaired) electrons. The molecule has 0 aliphatic heterocycles. The standard InChI is InChI=1S/C12H9N2O2.C5H5.Fe/c15-14(16)12-7-3-6-11(8-12)13-9-10-4-1-2-5-10;1-2-4-5-3-1;/h1-9H;1-5H;. The molecule has 0 unspecified atom stereocenters. The minimum Gasteiger partial charge on any atom is -0.260 e. The van der Waals surface area contributed by atoms with Crippen molar-refractivity contribution < 1.29 is 22.0 Å². The van der Waals surface area contributed by atoms with Crippen LogP contribution in [0.4, 0.5) is 11.4 Å². The van der Waals surface area contributed by atoms with Crippen molar-refractivity contribution in [1.29, 1.82) is 0 Å². The summed E-state index contributed by atoms with van der Waals surface area (Å²) in [7, 11) is 0. The second-order valence-corrected chi connectivity index (χ2v) is 4.22. The van der Waals surface area contributed by atoms with Crippen LogP contribution in [0.2, 0.25) is 0 Å². The summed E-state index contributed by atoms with van der Waals surface area (Å²) in [4.78, 5) is 14.3. The summed E-state index contributed by atoms with van der Waals surface area (Å²) in [5, 5.41) is 10.5. The minimum atomic E-state index is -0.429. The van der Waals surface area contributed by atoms with Gasteiger partial charge in [0.05, 0.1) is 10.6 Å². The number of hydrogen-bond acceptors (Lipinski definition) is 3. The normalized spacial score (nSPS) is 17.8. The number of non-ortho nitro benzene ring substituents is 1. The summed E-state index contributed by atoms with van der Waals surface area (Å²) >= 11 is 0. The number of hydrogen-bond donors (Lipinski definition) is 0. The monoisotopic (exact) mass is 334 g/mol. The van der Waals surface area contributed by atoms with Crippen LogP contribution in [0.3, 0.4) is 0 Å². The van der Waals surface area contributed by atoms with E-state index in [0.29, 0.717) is 5.69 Å². The van der Waals surface area contributed by atoms with E-state index in [0.717, 1.165) is 5.92 Å². The van der Waals surface area contributed by atoms with Gasteiger partial charge in [-0.15, -0.1) is 0 Å². The van der Waals surface area contributed by atoms with Crippen molar-refractivity contribution in [2.75, 3.05) is 0 Å². The molecule has 4 nitrogen and oxygen atoms in total. The number of benzene rings is 1. The van der Waals surface area contributed by atoms with Crippen molar-refractivity contribution in [3.05, 3.63) is 98.1 Å². The van der Waals surface area contributed by atoms with E-state index in [1.807, 2.05) is 57.8 Å². The van der Waals surface area contributed by atoms with Gasteiger partial charge in [0.15, 0.2) is 0 Å². The molecule has 0 atom stereocenters. The molecule has 1 aromatic rings. The van der Waals surface area contributed by atoms with E-state index in [4.69, 9.17) is 0 Å². The van der Waals surface area contributed by atoms with Crippen LogP contribution in [0.5, 0.6) is 0 Å². The first kappa shape index (κ1) is 18.9. The van der Waals surface area contributed by atoms with Gasteiger partial charge in [0.25, 0.3) is 5.69 Å². The number of nitro benzene ring substituents is 1. The summed E-state index contributed by atoms with van der Waals surface area (Å²) in [6, 6.07) is 6.24. The van der Waals surface area contributed by atoms with Crippen molar-refractivity contribution in [1.82, 2.24) is 0 Å². The first-order valence-electron chi connectivity index (χ1n) is 6.42. The Morgan fingerprint density at radius 3 is 2.09 bits per heavy atom. The van der Waals surface area contributed by atoms with Crippen LogP contribution >= 0.6 is 0 Å². The summed E-state index contributed by atoms with van der Waals surface area (Å²) in [6.07, 6.45) is 19.3. The molecule has 2 aliphatic carbocycles. The molecule has 0 spiro atoms. The molecule has 0 bridgehead atoms. The Balaban J connectivity index is 0.000000344. The smallest absolute Gasteiger partial charge is 0.260 e. The van der Waals surface area contributed by atoms with Gasteiger partial charge in [-0.25, -0.2) is 0 Å². The third-order valence-electron chi connectivity index (χ3n) is 2.65. The first-order valence-corrected chi connectivity index (χ1v) is 6.42. The molecule has 0 amide bonds. The van der Waals surface area contributed by atoms with Gasteiger partial charge < -0.3 is 0 Å². The third-order valence-corrected chi connectivity index (χ3v) is 2.65. The Bertz CT molecular complexity index is 474. The van der Waals surface area contributed by atoms with E-state index in [2.05, 4.69) is 4.99 Å². The average molecular weight is 334 g/mol. The van der Waals surface area contributed by atoms with Crippen LogP contribution in [0.15, 0.2) is 29.3 Å². The minimum absolute atomic E-state index is 0. The number of nitro groups is 1. The largest absolute Gasteiger partial charge is 0.271 e. The summed E-state index contributed by atoms with van der Waals surface area (Å²) in [5.41, 5.74) is 0.632. The molecule has 1 aromatic carbocycles. The van der Waals surface area contributed by atoms with E-state index in [1.54, 1.807) is 18.3 Å². The quantitative estimate of drug-likeness (QED) is 0.366. The van der Waals surface area contributed by atoms with E-state index in [9.17, 15) is 10.1 Å². The van der Waals surface area contributed by atoms with Crippen molar-refractivity contribution >= 4 is 17.6 Å². The molecular formula is C17H14FeN2O2. The molecule has 0 aromatic heterocycles. The van der Waals surface area contributed by atoms with E-state index >= 15 is 0 Å². The second-order valence-electron chi connectivity index (χ2n) is 4.22. The molecule has 2 aliphatic rings. The Morgan fingerprint density at radius 2 is 1.55 bits per heavy atom. The SMILES string of the molecule is O=[N+]([O-])c1cccc(N=C[C]2[CH][CH][CH][CH]2)c1.[CH]1[CH][CH][CH][CH]1.[Fe]. The van der Waals surface area contributed by atoms with Crippen LogP contribution in [0.1, 0.15) is 0 Å². The van der Waals surface area contributed by atoms with Gasteiger partial charge in [0, 0.05) is 41.3 Å². The van der Waals surface area contributed by atoms with E-state index in [1.165, 1.54) is 12.1 Å². The van der Waals surface area contributed by atoms with Gasteiger partial charge in [-0.1, -0.05) is 6.07 Å². The van der Waals surface area contributed by atoms with Crippen LogP contribution < -0.4 is 0 Å². The fraction of sp³-hybridized carbons (Fsp3) is 0. The Hall–Kier alpha value is -1.19. The Kier molecular flexibility index (Phi) is 9.02. The van der Waals surface area contributed by atoms with Gasteiger partial charge in [-0.05, 0) is 63.9 Å². The summed E-state index contributed by atoms with van der Waals surface area (Å²) in [6.45, 7) is 0. The van der Waals surface area contributed by atoms with Gasteiger partial charge >= 0.3 is 0 Å². The molecule has 2 saturated carbocycles.